The number of para-hydroxylation sites is 2. The molecule has 25 heavy (non-hydrogen) atoms. The molecular formula is C20H23N3OS. The molecule has 2 aromatic rings. The molecule has 3 rings (SSSR count). The second-order valence-corrected chi connectivity index (χ2v) is 6.48. The van der Waals surface area contributed by atoms with Gasteiger partial charge in [0.2, 0.25) is 0 Å². The number of nitrogens with one attached hydrogen (secondary N) is 2. The zero-order chi connectivity index (χ0) is 17.6. The lowest BCUT2D eigenvalue weighted by Crippen LogP contribution is -2.20. The maximum absolute atomic E-state index is 5.49. The van der Waals surface area contributed by atoms with Crippen molar-refractivity contribution in [1.29, 1.82) is 0 Å². The molecule has 0 aromatic heterocycles. The number of fused-ring (bicyclic) bond motifs is 1. The number of rotatable bonds is 4. The van der Waals surface area contributed by atoms with E-state index in [0.717, 1.165) is 42.1 Å². The van der Waals surface area contributed by atoms with Crippen molar-refractivity contribution in [3.63, 3.8) is 0 Å². The first-order chi connectivity index (χ1) is 12.2. The lowest BCUT2D eigenvalue weighted by Gasteiger charge is -2.16. The Morgan fingerprint density at radius 1 is 1.16 bits per heavy atom. The fraction of sp³-hybridized carbons (Fsp3) is 0.300. The van der Waals surface area contributed by atoms with Crippen molar-refractivity contribution < 1.29 is 4.74 Å². The Hall–Kier alpha value is -2.40. The van der Waals surface area contributed by atoms with E-state index in [1.165, 1.54) is 5.56 Å². The number of methoxy groups -OCH3 is 1. The maximum atomic E-state index is 5.49. The largest absolute Gasteiger partial charge is 0.495 e. The molecule has 0 radical (unpaired) electrons. The molecule has 0 saturated carbocycles. The van der Waals surface area contributed by atoms with E-state index >= 15 is 0 Å². The third-order valence-corrected chi connectivity index (χ3v) is 4.67. The van der Waals surface area contributed by atoms with Crippen molar-refractivity contribution in [1.82, 2.24) is 0 Å². The molecule has 130 valence electrons. The van der Waals surface area contributed by atoms with Gasteiger partial charge in [-0.1, -0.05) is 25.1 Å². The van der Waals surface area contributed by atoms with Gasteiger partial charge in [-0.2, -0.15) is 0 Å². The van der Waals surface area contributed by atoms with Crippen molar-refractivity contribution in [2.75, 3.05) is 17.7 Å². The number of benzene rings is 2. The van der Waals surface area contributed by atoms with Crippen LogP contribution in [0.1, 0.15) is 25.3 Å². The average Bonchev–Trinajstić information content (AvgIpc) is 2.85. The Labute approximate surface area is 154 Å². The van der Waals surface area contributed by atoms with E-state index in [1.807, 2.05) is 30.3 Å². The van der Waals surface area contributed by atoms with Gasteiger partial charge in [0.1, 0.15) is 5.75 Å². The summed E-state index contributed by atoms with van der Waals surface area (Å²) >= 11 is 5.49. The number of thiocarbonyl (C=S) groups is 1. The SMILES string of the molecule is CCC1C=Nc2cccc(NC(=S)Nc3ccccc3OC)c2CC1. The van der Waals surface area contributed by atoms with Gasteiger partial charge in [-0.05, 0) is 61.7 Å². The number of aliphatic imine (C=N–C) groups is 1. The molecule has 1 atom stereocenters. The summed E-state index contributed by atoms with van der Waals surface area (Å²) in [4.78, 5) is 4.67. The smallest absolute Gasteiger partial charge is 0.175 e. The first kappa shape index (κ1) is 17.4. The minimum atomic E-state index is 0.540. The predicted octanol–water partition coefficient (Wildman–Crippen LogP) is 5.18. The second-order valence-electron chi connectivity index (χ2n) is 6.07. The zero-order valence-corrected chi connectivity index (χ0v) is 15.4. The topological polar surface area (TPSA) is 45.7 Å². The van der Waals surface area contributed by atoms with E-state index in [4.69, 9.17) is 17.0 Å². The molecule has 0 spiro atoms. The van der Waals surface area contributed by atoms with Crippen molar-refractivity contribution in [3.8, 4) is 5.75 Å². The maximum Gasteiger partial charge on any atom is 0.175 e. The summed E-state index contributed by atoms with van der Waals surface area (Å²) in [6.07, 6.45) is 5.31. The normalized spacial score (nSPS) is 15.8. The Morgan fingerprint density at radius 2 is 1.92 bits per heavy atom. The molecule has 4 nitrogen and oxygen atoms in total. The quantitative estimate of drug-likeness (QED) is 0.744. The van der Waals surface area contributed by atoms with Crippen molar-refractivity contribution in [2.45, 2.75) is 26.2 Å². The molecule has 0 aliphatic carbocycles. The van der Waals surface area contributed by atoms with Crippen LogP contribution in [-0.2, 0) is 6.42 Å². The number of anilines is 2. The van der Waals surface area contributed by atoms with E-state index < -0.39 is 0 Å². The fourth-order valence-corrected chi connectivity index (χ4v) is 3.22. The molecular weight excluding hydrogens is 330 g/mol. The number of hydrogen-bond donors (Lipinski definition) is 2. The monoisotopic (exact) mass is 353 g/mol. The summed E-state index contributed by atoms with van der Waals surface area (Å²) in [5.74, 6) is 1.30. The minimum absolute atomic E-state index is 0.540. The molecule has 1 heterocycles. The number of nitrogens with zero attached hydrogens (tertiary/aromatic N) is 1. The summed E-state index contributed by atoms with van der Waals surface area (Å²) in [7, 11) is 1.65. The molecule has 0 bridgehead atoms. The van der Waals surface area contributed by atoms with Gasteiger partial charge in [-0.3, -0.25) is 4.99 Å². The molecule has 0 amide bonds. The van der Waals surface area contributed by atoms with Crippen LogP contribution in [-0.4, -0.2) is 18.4 Å². The highest BCUT2D eigenvalue weighted by atomic mass is 32.1. The van der Waals surface area contributed by atoms with E-state index in [-0.39, 0.29) is 0 Å². The van der Waals surface area contributed by atoms with Crippen LogP contribution in [0.15, 0.2) is 47.5 Å². The molecule has 5 heteroatoms. The lowest BCUT2D eigenvalue weighted by molar-refractivity contribution is 0.417. The van der Waals surface area contributed by atoms with Crippen molar-refractivity contribution in [2.24, 2.45) is 10.9 Å². The average molecular weight is 353 g/mol. The predicted molar refractivity (Wildman–Crippen MR) is 110 cm³/mol. The molecule has 1 unspecified atom stereocenters. The molecule has 2 N–H and O–H groups in total. The highest BCUT2D eigenvalue weighted by Gasteiger charge is 2.15. The Morgan fingerprint density at radius 3 is 2.72 bits per heavy atom. The van der Waals surface area contributed by atoms with Gasteiger partial charge in [-0.25, -0.2) is 0 Å². The Bertz CT molecular complexity index is 788. The Balaban J connectivity index is 1.76. The van der Waals surface area contributed by atoms with Crippen LogP contribution in [0.4, 0.5) is 17.1 Å². The lowest BCUT2D eigenvalue weighted by atomic mass is 9.98. The van der Waals surface area contributed by atoms with Crippen molar-refractivity contribution in [3.05, 3.63) is 48.0 Å². The summed E-state index contributed by atoms with van der Waals surface area (Å²) < 4.78 is 5.36. The summed E-state index contributed by atoms with van der Waals surface area (Å²) in [5.41, 5.74) is 4.10. The number of ether oxygens (including phenoxy) is 1. The number of hydrogen-bond acceptors (Lipinski definition) is 3. The van der Waals surface area contributed by atoms with Gasteiger partial charge in [0.25, 0.3) is 0 Å². The van der Waals surface area contributed by atoms with Crippen LogP contribution < -0.4 is 15.4 Å². The van der Waals surface area contributed by atoms with E-state index in [2.05, 4.69) is 40.9 Å². The van der Waals surface area contributed by atoms with Crippen LogP contribution in [0, 0.1) is 5.92 Å². The van der Waals surface area contributed by atoms with Crippen LogP contribution in [0.2, 0.25) is 0 Å². The van der Waals surface area contributed by atoms with Crippen LogP contribution in [0.3, 0.4) is 0 Å². The van der Waals surface area contributed by atoms with Crippen LogP contribution in [0.5, 0.6) is 5.75 Å². The van der Waals surface area contributed by atoms with Gasteiger partial charge >= 0.3 is 0 Å². The summed E-state index contributed by atoms with van der Waals surface area (Å²) in [5, 5.41) is 7.07. The van der Waals surface area contributed by atoms with Crippen molar-refractivity contribution >= 4 is 40.6 Å². The second kappa shape index (κ2) is 8.12. The van der Waals surface area contributed by atoms with Gasteiger partial charge in [0, 0.05) is 17.5 Å². The third-order valence-electron chi connectivity index (χ3n) is 4.47. The standard InChI is InChI=1S/C20H23N3OS/c1-3-14-11-12-15-16(21-13-14)8-6-9-17(15)22-20(25)23-18-7-4-5-10-19(18)24-2/h4-10,13-14H,3,11-12H2,1-2H3,(H2,22,23,25). The molecule has 0 saturated heterocycles. The molecule has 1 aliphatic rings. The molecule has 0 fully saturated rings. The van der Waals surface area contributed by atoms with Gasteiger partial charge < -0.3 is 15.4 Å². The first-order valence-electron chi connectivity index (χ1n) is 8.58. The summed E-state index contributed by atoms with van der Waals surface area (Å²) in [6.45, 7) is 2.21. The van der Waals surface area contributed by atoms with E-state index in [0.29, 0.717) is 11.0 Å². The van der Waals surface area contributed by atoms with Crippen LogP contribution >= 0.6 is 12.2 Å². The molecule has 2 aromatic carbocycles. The van der Waals surface area contributed by atoms with E-state index in [1.54, 1.807) is 7.11 Å². The zero-order valence-electron chi connectivity index (χ0n) is 14.6. The fourth-order valence-electron chi connectivity index (χ4n) is 3.00. The van der Waals surface area contributed by atoms with Gasteiger partial charge in [0.15, 0.2) is 5.11 Å². The summed E-state index contributed by atoms with van der Waals surface area (Å²) in [6, 6.07) is 13.8. The van der Waals surface area contributed by atoms with E-state index in [9.17, 15) is 0 Å². The first-order valence-corrected chi connectivity index (χ1v) is 8.99. The highest BCUT2D eigenvalue weighted by molar-refractivity contribution is 7.80. The van der Waals surface area contributed by atoms with Crippen LogP contribution in [0.25, 0.3) is 0 Å². The Kier molecular flexibility index (Phi) is 5.66. The van der Waals surface area contributed by atoms with Gasteiger partial charge in [-0.15, -0.1) is 0 Å². The molecule has 1 aliphatic heterocycles. The van der Waals surface area contributed by atoms with Gasteiger partial charge in [0.05, 0.1) is 18.5 Å². The third kappa shape index (κ3) is 4.17. The minimum Gasteiger partial charge on any atom is -0.495 e. The highest BCUT2D eigenvalue weighted by Crippen LogP contribution is 2.32.